The van der Waals surface area contributed by atoms with Gasteiger partial charge < -0.3 is 10.2 Å². The highest BCUT2D eigenvalue weighted by atomic mass is 16.6. The van der Waals surface area contributed by atoms with E-state index < -0.39 is 44.3 Å². The molecule has 0 saturated heterocycles. The van der Waals surface area contributed by atoms with Gasteiger partial charge in [0.05, 0.1) is 9.85 Å². The molecule has 0 aromatic heterocycles. The van der Waals surface area contributed by atoms with Gasteiger partial charge in [-0.3, -0.25) is 20.2 Å². The van der Waals surface area contributed by atoms with Crippen LogP contribution < -0.4 is 0 Å². The summed E-state index contributed by atoms with van der Waals surface area (Å²) >= 11 is 0. The van der Waals surface area contributed by atoms with E-state index in [1.807, 2.05) is 0 Å². The molecule has 2 aromatic carbocycles. The number of aromatic carboxylic acids is 2. The van der Waals surface area contributed by atoms with E-state index in [2.05, 4.69) is 0 Å². The fourth-order valence-corrected chi connectivity index (χ4v) is 2.28. The third-order valence-corrected chi connectivity index (χ3v) is 3.20. The SMILES string of the molecule is O=C(O)c1c(-c2cccc([N+](=O)[O-])c2C(=O)O)cccc1[N+](=O)[O-]. The molecule has 24 heavy (non-hydrogen) atoms. The molecule has 0 aliphatic carbocycles. The van der Waals surface area contributed by atoms with Crippen molar-refractivity contribution in [3.8, 4) is 11.1 Å². The minimum absolute atomic E-state index is 0.294. The molecule has 2 rings (SSSR count). The first kappa shape index (κ1) is 16.5. The zero-order valence-electron chi connectivity index (χ0n) is 11.7. The molecule has 0 radical (unpaired) electrons. The Morgan fingerprint density at radius 1 is 0.750 bits per heavy atom. The second-order valence-corrected chi connectivity index (χ2v) is 4.52. The van der Waals surface area contributed by atoms with Crippen molar-refractivity contribution in [2.75, 3.05) is 0 Å². The van der Waals surface area contributed by atoms with Crippen LogP contribution in [-0.2, 0) is 0 Å². The zero-order chi connectivity index (χ0) is 18.0. The number of rotatable bonds is 5. The van der Waals surface area contributed by atoms with Crippen molar-refractivity contribution in [1.29, 1.82) is 0 Å². The first-order valence-corrected chi connectivity index (χ1v) is 6.27. The first-order chi connectivity index (χ1) is 11.3. The summed E-state index contributed by atoms with van der Waals surface area (Å²) in [5.74, 6) is -3.31. The summed E-state index contributed by atoms with van der Waals surface area (Å²) in [4.78, 5) is 43.1. The second-order valence-electron chi connectivity index (χ2n) is 4.52. The van der Waals surface area contributed by atoms with Gasteiger partial charge in [-0.2, -0.15) is 0 Å². The van der Waals surface area contributed by atoms with Crippen molar-refractivity contribution in [2.45, 2.75) is 0 Å². The highest BCUT2D eigenvalue weighted by Crippen LogP contribution is 2.36. The normalized spacial score (nSPS) is 10.2. The van der Waals surface area contributed by atoms with Crippen molar-refractivity contribution in [2.24, 2.45) is 0 Å². The van der Waals surface area contributed by atoms with Crippen molar-refractivity contribution in [1.82, 2.24) is 0 Å². The molecule has 0 atom stereocenters. The maximum Gasteiger partial charge on any atom is 0.343 e. The second kappa shape index (κ2) is 6.12. The van der Waals surface area contributed by atoms with Gasteiger partial charge in [0.15, 0.2) is 0 Å². The van der Waals surface area contributed by atoms with Gasteiger partial charge in [-0.1, -0.05) is 24.3 Å². The lowest BCUT2D eigenvalue weighted by Gasteiger charge is -2.10. The van der Waals surface area contributed by atoms with Gasteiger partial charge in [0.1, 0.15) is 11.1 Å². The molecule has 0 aliphatic rings. The Morgan fingerprint density at radius 3 is 1.33 bits per heavy atom. The largest absolute Gasteiger partial charge is 0.477 e. The number of carbonyl (C=O) groups is 2. The maximum absolute atomic E-state index is 11.4. The van der Waals surface area contributed by atoms with Crippen LogP contribution in [0.25, 0.3) is 11.1 Å². The average Bonchev–Trinajstić information content (AvgIpc) is 2.52. The van der Waals surface area contributed by atoms with Crippen LogP contribution in [0.3, 0.4) is 0 Å². The molecular weight excluding hydrogens is 324 g/mol. The first-order valence-electron chi connectivity index (χ1n) is 6.27. The lowest BCUT2D eigenvalue weighted by atomic mass is 9.93. The summed E-state index contributed by atoms with van der Waals surface area (Å²) in [6, 6.07) is 6.55. The van der Waals surface area contributed by atoms with Crippen molar-refractivity contribution < 1.29 is 29.6 Å². The van der Waals surface area contributed by atoms with E-state index in [-0.39, 0.29) is 11.1 Å². The number of benzene rings is 2. The quantitative estimate of drug-likeness (QED) is 0.623. The van der Waals surface area contributed by atoms with E-state index in [0.29, 0.717) is 0 Å². The van der Waals surface area contributed by atoms with Crippen LogP contribution in [0.2, 0.25) is 0 Å². The van der Waals surface area contributed by atoms with Crippen LogP contribution in [0.4, 0.5) is 11.4 Å². The van der Waals surface area contributed by atoms with Crippen LogP contribution in [0.5, 0.6) is 0 Å². The number of nitro groups is 2. The van der Waals surface area contributed by atoms with Crippen LogP contribution in [0, 0.1) is 20.2 Å². The van der Waals surface area contributed by atoms with Crippen molar-refractivity contribution >= 4 is 23.3 Å². The van der Waals surface area contributed by atoms with Crippen LogP contribution >= 0.6 is 0 Å². The Kier molecular flexibility index (Phi) is 4.22. The summed E-state index contributed by atoms with van der Waals surface area (Å²) in [5.41, 5.74) is -3.57. The molecule has 2 N–H and O–H groups in total. The third kappa shape index (κ3) is 2.75. The molecule has 10 nitrogen and oxygen atoms in total. The van der Waals surface area contributed by atoms with Crippen LogP contribution in [-0.4, -0.2) is 32.0 Å². The van der Waals surface area contributed by atoms with E-state index in [0.717, 1.165) is 24.3 Å². The summed E-state index contributed by atoms with van der Waals surface area (Å²) in [5, 5.41) is 40.6. The average molecular weight is 332 g/mol. The lowest BCUT2D eigenvalue weighted by molar-refractivity contribution is -0.385. The molecule has 0 fully saturated rings. The molecule has 2 aromatic rings. The van der Waals surface area contributed by atoms with Gasteiger partial charge in [-0.25, -0.2) is 9.59 Å². The van der Waals surface area contributed by atoms with Gasteiger partial charge >= 0.3 is 11.9 Å². The predicted octanol–water partition coefficient (Wildman–Crippen LogP) is 2.57. The Morgan fingerprint density at radius 2 is 1.08 bits per heavy atom. The summed E-state index contributed by atoms with van der Waals surface area (Å²) in [6.07, 6.45) is 0. The topological polar surface area (TPSA) is 161 Å². The van der Waals surface area contributed by atoms with Gasteiger partial charge in [-0.05, 0) is 0 Å². The Hall–Kier alpha value is -3.82. The number of hydrogen-bond acceptors (Lipinski definition) is 6. The van der Waals surface area contributed by atoms with E-state index in [1.165, 1.54) is 12.1 Å². The maximum atomic E-state index is 11.4. The standard InChI is InChI=1S/C14H8N2O8/c17-13(18)11-7(3-1-5-9(11)15(21)22)8-4-2-6-10(16(23)24)12(8)14(19)20/h1-6H,(H,17,18)(H,19,20). The van der Waals surface area contributed by atoms with E-state index in [1.54, 1.807) is 0 Å². The minimum Gasteiger partial charge on any atom is -0.477 e. The van der Waals surface area contributed by atoms with Crippen molar-refractivity contribution in [3.05, 3.63) is 67.8 Å². The van der Waals surface area contributed by atoms with Gasteiger partial charge in [-0.15, -0.1) is 0 Å². The van der Waals surface area contributed by atoms with Crippen LogP contribution in [0.1, 0.15) is 20.7 Å². The fraction of sp³-hybridized carbons (Fsp3) is 0. The molecular formula is C14H8N2O8. The van der Waals surface area contributed by atoms with Gasteiger partial charge in [0.2, 0.25) is 0 Å². The smallest absolute Gasteiger partial charge is 0.343 e. The molecule has 0 bridgehead atoms. The number of nitrogens with zero attached hydrogens (tertiary/aromatic N) is 2. The zero-order valence-corrected chi connectivity index (χ0v) is 11.7. The number of carboxylic acid groups (broad SMARTS) is 2. The van der Waals surface area contributed by atoms with E-state index >= 15 is 0 Å². The monoisotopic (exact) mass is 332 g/mol. The van der Waals surface area contributed by atoms with Gasteiger partial charge in [0, 0.05) is 23.3 Å². The molecule has 0 heterocycles. The number of hydrogen-bond donors (Lipinski definition) is 2. The predicted molar refractivity (Wildman–Crippen MR) is 79.1 cm³/mol. The van der Waals surface area contributed by atoms with Gasteiger partial charge in [0.25, 0.3) is 11.4 Å². The molecule has 0 saturated carbocycles. The summed E-state index contributed by atoms with van der Waals surface area (Å²) < 4.78 is 0. The summed E-state index contributed by atoms with van der Waals surface area (Å²) in [7, 11) is 0. The summed E-state index contributed by atoms with van der Waals surface area (Å²) in [6.45, 7) is 0. The number of carboxylic acids is 2. The van der Waals surface area contributed by atoms with E-state index in [9.17, 15) is 40.0 Å². The third-order valence-electron chi connectivity index (χ3n) is 3.20. The van der Waals surface area contributed by atoms with Crippen molar-refractivity contribution in [3.63, 3.8) is 0 Å². The molecule has 10 heteroatoms. The molecule has 0 unspecified atom stereocenters. The van der Waals surface area contributed by atoms with E-state index in [4.69, 9.17) is 0 Å². The minimum atomic E-state index is -1.65. The Balaban J connectivity index is 2.93. The lowest BCUT2D eigenvalue weighted by Crippen LogP contribution is -2.09. The Labute approximate surface area is 132 Å². The Bertz CT molecular complexity index is 817. The highest BCUT2D eigenvalue weighted by Gasteiger charge is 2.30. The number of nitro benzene ring substituents is 2. The molecule has 122 valence electrons. The van der Waals surface area contributed by atoms with Crippen LogP contribution in [0.15, 0.2) is 36.4 Å². The highest BCUT2D eigenvalue weighted by molar-refractivity contribution is 6.06. The molecule has 0 amide bonds. The molecule has 0 aliphatic heterocycles. The fourth-order valence-electron chi connectivity index (χ4n) is 2.28. The molecule has 0 spiro atoms.